The van der Waals surface area contributed by atoms with E-state index in [1.165, 1.54) is 11.3 Å². The maximum absolute atomic E-state index is 13.0. The summed E-state index contributed by atoms with van der Waals surface area (Å²) in [6.45, 7) is 0.118. The summed E-state index contributed by atoms with van der Waals surface area (Å²) in [4.78, 5) is 31.0. The van der Waals surface area contributed by atoms with E-state index in [0.29, 0.717) is 12.3 Å². The molecule has 0 spiro atoms. The normalized spacial score (nSPS) is 25.8. The maximum atomic E-state index is 13.0. The van der Waals surface area contributed by atoms with Gasteiger partial charge in [0.2, 0.25) is 5.91 Å². The average Bonchev–Trinajstić information content (AvgIpc) is 3.35. The number of rotatable bonds is 6. The van der Waals surface area contributed by atoms with Crippen LogP contribution >= 0.6 is 11.3 Å². The zero-order chi connectivity index (χ0) is 19.5. The van der Waals surface area contributed by atoms with Crippen LogP contribution in [0.5, 0.6) is 0 Å². The number of carboxylic acid groups (broad SMARTS) is 1. The third-order valence-electron chi connectivity index (χ3n) is 5.97. The molecule has 148 valence electrons. The van der Waals surface area contributed by atoms with Gasteiger partial charge in [0.05, 0.1) is 6.54 Å². The monoisotopic (exact) mass is 399 g/mol. The number of thiazole rings is 1. The third-order valence-corrected chi connectivity index (χ3v) is 6.81. The fourth-order valence-electron chi connectivity index (χ4n) is 4.71. The Bertz CT molecular complexity index is 812. The first kappa shape index (κ1) is 19.1. The lowest BCUT2D eigenvalue weighted by Gasteiger charge is -2.32. The molecule has 4 unspecified atom stereocenters. The van der Waals surface area contributed by atoms with E-state index in [2.05, 4.69) is 10.3 Å². The Hall–Kier alpha value is -2.25. The standard InChI is InChI=1S/C21H25N3O3S/c25-18(13-24-16-9-5-4-8-15(16)12-17(24)21(26)27)23-19(20-22-10-11-28-20)14-6-2-1-3-7-14/h1-3,6-7,10-11,15-17,19H,4-5,8-9,12-13H2,(H,23,25)(H,26,27). The average molecular weight is 400 g/mol. The van der Waals surface area contributed by atoms with Gasteiger partial charge in [0.1, 0.15) is 17.1 Å². The van der Waals surface area contributed by atoms with E-state index >= 15 is 0 Å². The first-order chi connectivity index (χ1) is 13.6. The van der Waals surface area contributed by atoms with Crippen molar-refractivity contribution in [1.82, 2.24) is 15.2 Å². The summed E-state index contributed by atoms with van der Waals surface area (Å²) in [6, 6.07) is 9.09. The third kappa shape index (κ3) is 3.95. The van der Waals surface area contributed by atoms with Crippen LogP contribution in [0.25, 0.3) is 0 Å². The highest BCUT2D eigenvalue weighted by Gasteiger charge is 2.45. The number of nitrogens with zero attached hydrogens (tertiary/aromatic N) is 2. The Balaban J connectivity index is 1.50. The lowest BCUT2D eigenvalue weighted by atomic mass is 9.85. The Morgan fingerprint density at radius 3 is 2.75 bits per heavy atom. The SMILES string of the molecule is O=C(CN1C(C(=O)O)CC2CCCCC21)NC(c1ccccc1)c1nccs1. The summed E-state index contributed by atoms with van der Waals surface area (Å²) in [7, 11) is 0. The van der Waals surface area contributed by atoms with E-state index in [0.717, 1.165) is 36.3 Å². The molecule has 1 aromatic heterocycles. The Morgan fingerprint density at radius 1 is 1.25 bits per heavy atom. The number of hydrogen-bond donors (Lipinski definition) is 2. The van der Waals surface area contributed by atoms with Crippen molar-refractivity contribution in [1.29, 1.82) is 0 Å². The zero-order valence-corrected chi connectivity index (χ0v) is 16.5. The van der Waals surface area contributed by atoms with Crippen LogP contribution < -0.4 is 5.32 Å². The van der Waals surface area contributed by atoms with Gasteiger partial charge in [0.15, 0.2) is 0 Å². The highest BCUT2D eigenvalue weighted by Crippen LogP contribution is 2.39. The first-order valence-corrected chi connectivity index (χ1v) is 10.7. The number of aromatic nitrogens is 1. The van der Waals surface area contributed by atoms with Crippen LogP contribution in [0, 0.1) is 5.92 Å². The molecule has 1 aromatic carbocycles. The van der Waals surface area contributed by atoms with Gasteiger partial charge in [0.25, 0.3) is 0 Å². The van der Waals surface area contributed by atoms with E-state index in [4.69, 9.17) is 0 Å². The summed E-state index contributed by atoms with van der Waals surface area (Å²) in [5.41, 5.74) is 0.970. The number of benzene rings is 1. The molecular formula is C21H25N3O3S. The molecule has 7 heteroatoms. The van der Waals surface area contributed by atoms with Gasteiger partial charge in [0, 0.05) is 17.6 Å². The van der Waals surface area contributed by atoms with Gasteiger partial charge in [-0.05, 0) is 30.7 Å². The van der Waals surface area contributed by atoms with Crippen LogP contribution in [-0.4, -0.2) is 45.5 Å². The van der Waals surface area contributed by atoms with Crippen LogP contribution in [0.2, 0.25) is 0 Å². The predicted molar refractivity (Wildman–Crippen MR) is 107 cm³/mol. The van der Waals surface area contributed by atoms with Gasteiger partial charge in [-0.15, -0.1) is 11.3 Å². The Kier molecular flexibility index (Phi) is 5.73. The molecule has 2 aromatic rings. The van der Waals surface area contributed by atoms with E-state index < -0.39 is 12.0 Å². The lowest BCUT2D eigenvalue weighted by Crippen LogP contribution is -2.48. The molecule has 2 aliphatic rings. The van der Waals surface area contributed by atoms with E-state index in [-0.39, 0.29) is 24.5 Å². The molecule has 4 rings (SSSR count). The van der Waals surface area contributed by atoms with Crippen molar-refractivity contribution in [2.45, 2.75) is 50.2 Å². The number of amides is 1. The largest absolute Gasteiger partial charge is 0.480 e. The van der Waals surface area contributed by atoms with Crippen molar-refractivity contribution in [3.8, 4) is 0 Å². The number of nitrogens with one attached hydrogen (secondary N) is 1. The molecule has 6 nitrogen and oxygen atoms in total. The van der Waals surface area contributed by atoms with Crippen molar-refractivity contribution in [3.05, 3.63) is 52.5 Å². The topological polar surface area (TPSA) is 82.5 Å². The number of aliphatic carboxylic acids is 1. The second-order valence-electron chi connectivity index (χ2n) is 7.66. The van der Waals surface area contributed by atoms with Crippen LogP contribution in [-0.2, 0) is 9.59 Å². The van der Waals surface area contributed by atoms with Gasteiger partial charge in [-0.1, -0.05) is 43.2 Å². The number of hydrogen-bond acceptors (Lipinski definition) is 5. The quantitative estimate of drug-likeness (QED) is 0.780. The molecule has 0 radical (unpaired) electrons. The molecule has 1 saturated carbocycles. The van der Waals surface area contributed by atoms with Gasteiger partial charge in [-0.25, -0.2) is 4.98 Å². The molecule has 28 heavy (non-hydrogen) atoms. The van der Waals surface area contributed by atoms with Gasteiger partial charge in [-0.2, -0.15) is 0 Å². The van der Waals surface area contributed by atoms with Crippen LogP contribution in [0.3, 0.4) is 0 Å². The summed E-state index contributed by atoms with van der Waals surface area (Å²) >= 11 is 1.50. The Labute approximate surface area is 168 Å². The number of carboxylic acids is 1. The summed E-state index contributed by atoms with van der Waals surface area (Å²) < 4.78 is 0. The Morgan fingerprint density at radius 2 is 2.04 bits per heavy atom. The molecule has 1 aliphatic carbocycles. The maximum Gasteiger partial charge on any atom is 0.320 e. The van der Waals surface area contributed by atoms with Crippen molar-refractivity contribution >= 4 is 23.2 Å². The number of carbonyl (C=O) groups is 2. The molecule has 4 atom stereocenters. The molecule has 0 bridgehead atoms. The zero-order valence-electron chi connectivity index (χ0n) is 15.7. The van der Waals surface area contributed by atoms with Crippen LogP contribution in [0.15, 0.2) is 41.9 Å². The molecule has 2 N–H and O–H groups in total. The minimum absolute atomic E-state index is 0.118. The van der Waals surface area contributed by atoms with Gasteiger partial charge < -0.3 is 10.4 Å². The van der Waals surface area contributed by atoms with Crippen molar-refractivity contribution in [2.75, 3.05) is 6.54 Å². The van der Waals surface area contributed by atoms with Crippen molar-refractivity contribution in [3.63, 3.8) is 0 Å². The smallest absolute Gasteiger partial charge is 0.320 e. The van der Waals surface area contributed by atoms with E-state index in [1.54, 1.807) is 6.20 Å². The fourth-order valence-corrected chi connectivity index (χ4v) is 5.42. The van der Waals surface area contributed by atoms with E-state index in [9.17, 15) is 14.7 Å². The van der Waals surface area contributed by atoms with Crippen LogP contribution in [0.1, 0.15) is 48.7 Å². The van der Waals surface area contributed by atoms with Crippen molar-refractivity contribution < 1.29 is 14.7 Å². The highest BCUT2D eigenvalue weighted by atomic mass is 32.1. The lowest BCUT2D eigenvalue weighted by molar-refractivity contribution is -0.143. The first-order valence-electron chi connectivity index (χ1n) is 9.85. The fraction of sp³-hybridized carbons (Fsp3) is 0.476. The molecule has 1 saturated heterocycles. The minimum atomic E-state index is -0.818. The minimum Gasteiger partial charge on any atom is -0.480 e. The number of likely N-dealkylation sites (tertiary alicyclic amines) is 1. The van der Waals surface area contributed by atoms with Crippen molar-refractivity contribution in [2.24, 2.45) is 5.92 Å². The molecular weight excluding hydrogens is 374 g/mol. The molecule has 1 amide bonds. The summed E-state index contributed by atoms with van der Waals surface area (Å²) in [5.74, 6) is -0.574. The predicted octanol–water partition coefficient (Wildman–Crippen LogP) is 3.07. The number of fused-ring (bicyclic) bond motifs is 1. The van der Waals surface area contributed by atoms with Crippen LogP contribution in [0.4, 0.5) is 0 Å². The number of carbonyl (C=O) groups excluding carboxylic acids is 1. The second-order valence-corrected chi connectivity index (χ2v) is 8.58. The van der Waals surface area contributed by atoms with Gasteiger partial charge in [-0.3, -0.25) is 14.5 Å². The molecule has 1 aliphatic heterocycles. The highest BCUT2D eigenvalue weighted by molar-refractivity contribution is 7.09. The van der Waals surface area contributed by atoms with Gasteiger partial charge >= 0.3 is 5.97 Å². The molecule has 2 heterocycles. The second kappa shape index (κ2) is 8.41. The summed E-state index contributed by atoms with van der Waals surface area (Å²) in [6.07, 6.45) is 6.71. The van der Waals surface area contributed by atoms with E-state index in [1.807, 2.05) is 40.6 Å². The molecule has 2 fully saturated rings. The summed E-state index contributed by atoms with van der Waals surface area (Å²) in [5, 5.41) is 15.5.